The summed E-state index contributed by atoms with van der Waals surface area (Å²) in [5, 5.41) is 4.13. The van der Waals surface area contributed by atoms with Gasteiger partial charge in [0, 0.05) is 50.1 Å². The number of nitrogens with zero attached hydrogens (tertiary/aromatic N) is 5. The summed E-state index contributed by atoms with van der Waals surface area (Å²) in [5.74, 6) is 2.06. The number of rotatable bonds is 5. The van der Waals surface area contributed by atoms with Gasteiger partial charge in [-0.2, -0.15) is 0 Å². The Bertz CT molecular complexity index is 786. The van der Waals surface area contributed by atoms with Gasteiger partial charge in [0.25, 0.3) is 5.91 Å². The average Bonchev–Trinajstić information content (AvgIpc) is 3.33. The quantitative estimate of drug-likeness (QED) is 0.807. The number of hydrogen-bond donors (Lipinski definition) is 0. The number of piperidine rings is 1. The van der Waals surface area contributed by atoms with Crippen LogP contribution in [0, 0.1) is 0 Å². The van der Waals surface area contributed by atoms with Crippen LogP contribution >= 0.6 is 0 Å². The third-order valence-corrected chi connectivity index (χ3v) is 5.84. The lowest BCUT2D eigenvalue weighted by Gasteiger charge is -2.31. The molecule has 0 spiro atoms. The summed E-state index contributed by atoms with van der Waals surface area (Å²) in [5.41, 5.74) is 2.04. The van der Waals surface area contributed by atoms with Crippen LogP contribution in [0.1, 0.15) is 59.2 Å². The molecule has 0 atom stereocenters. The number of aromatic nitrogens is 3. The van der Waals surface area contributed by atoms with E-state index in [2.05, 4.69) is 39.9 Å². The van der Waals surface area contributed by atoms with E-state index in [0.29, 0.717) is 11.7 Å². The summed E-state index contributed by atoms with van der Waals surface area (Å²) in [7, 11) is 4.17. The zero-order chi connectivity index (χ0) is 18.8. The smallest absolute Gasteiger partial charge is 0.292 e. The maximum absolute atomic E-state index is 12.9. The second-order valence-electron chi connectivity index (χ2n) is 7.99. The van der Waals surface area contributed by atoms with Crippen LogP contribution in [-0.4, -0.2) is 64.1 Å². The van der Waals surface area contributed by atoms with Gasteiger partial charge in [-0.1, -0.05) is 5.16 Å². The van der Waals surface area contributed by atoms with Crippen molar-refractivity contribution >= 4 is 5.91 Å². The molecular formula is C20H29N5O2. The molecule has 2 aromatic heterocycles. The Balaban J connectivity index is 1.39. The van der Waals surface area contributed by atoms with Crippen LogP contribution in [0.5, 0.6) is 0 Å². The van der Waals surface area contributed by atoms with Gasteiger partial charge in [0.2, 0.25) is 5.76 Å². The monoisotopic (exact) mass is 371 g/mol. The second-order valence-corrected chi connectivity index (χ2v) is 7.99. The van der Waals surface area contributed by atoms with Crippen molar-refractivity contribution < 1.29 is 9.32 Å². The van der Waals surface area contributed by atoms with E-state index >= 15 is 0 Å². The molecule has 1 amide bonds. The van der Waals surface area contributed by atoms with Gasteiger partial charge in [-0.05, 0) is 52.6 Å². The van der Waals surface area contributed by atoms with E-state index in [0.717, 1.165) is 81.8 Å². The first-order valence-corrected chi connectivity index (χ1v) is 10.1. The highest BCUT2D eigenvalue weighted by molar-refractivity contribution is 5.93. The van der Waals surface area contributed by atoms with Crippen molar-refractivity contribution in [2.24, 2.45) is 0 Å². The maximum Gasteiger partial charge on any atom is 0.292 e. The topological polar surface area (TPSA) is 67.4 Å². The van der Waals surface area contributed by atoms with Crippen molar-refractivity contribution in [1.82, 2.24) is 24.5 Å². The molecule has 146 valence electrons. The minimum absolute atomic E-state index is 0.0139. The molecule has 7 nitrogen and oxygen atoms in total. The largest absolute Gasteiger partial charge is 0.350 e. The normalized spacial score (nSPS) is 18.1. The fraction of sp³-hybridized carbons (Fsp3) is 0.650. The average molecular weight is 371 g/mol. The second kappa shape index (κ2) is 7.84. The molecule has 2 aliphatic rings. The number of carbonyl (C=O) groups is 1. The first-order valence-electron chi connectivity index (χ1n) is 10.1. The van der Waals surface area contributed by atoms with E-state index < -0.39 is 0 Å². The standard InChI is InChI=1S/C20H29N5O2/c1-23(2)13-14-24-12-9-21-19(24)15-7-10-25(11-8-15)20(26)18-16-5-3-4-6-17(16)22-27-18/h9,12,15H,3-8,10-11,13-14H2,1-2H3. The van der Waals surface area contributed by atoms with Gasteiger partial charge in [0.05, 0.1) is 5.69 Å². The molecule has 1 aliphatic carbocycles. The molecule has 3 heterocycles. The SMILES string of the molecule is CN(C)CCn1ccnc1C1CCN(C(=O)c2onc3c2CCCC3)CC1. The number of fused-ring (bicyclic) bond motifs is 1. The third-order valence-electron chi connectivity index (χ3n) is 5.84. The first kappa shape index (κ1) is 18.2. The van der Waals surface area contributed by atoms with Gasteiger partial charge in [-0.3, -0.25) is 4.79 Å². The molecule has 0 N–H and O–H groups in total. The van der Waals surface area contributed by atoms with E-state index in [9.17, 15) is 4.79 Å². The summed E-state index contributed by atoms with van der Waals surface area (Å²) in [6.45, 7) is 3.45. The fourth-order valence-corrected chi connectivity index (χ4v) is 4.22. The first-order chi connectivity index (χ1) is 13.1. The summed E-state index contributed by atoms with van der Waals surface area (Å²) in [6, 6.07) is 0. The Kier molecular flexibility index (Phi) is 5.29. The zero-order valence-corrected chi connectivity index (χ0v) is 16.4. The predicted molar refractivity (Wildman–Crippen MR) is 102 cm³/mol. The van der Waals surface area contributed by atoms with E-state index in [4.69, 9.17) is 4.52 Å². The molecular weight excluding hydrogens is 342 g/mol. The number of carbonyl (C=O) groups excluding carboxylic acids is 1. The van der Waals surface area contributed by atoms with E-state index in [1.54, 1.807) is 0 Å². The highest BCUT2D eigenvalue weighted by Crippen LogP contribution is 2.30. The minimum atomic E-state index is 0.0139. The van der Waals surface area contributed by atoms with Crippen molar-refractivity contribution in [2.45, 2.75) is 51.0 Å². The summed E-state index contributed by atoms with van der Waals surface area (Å²) >= 11 is 0. The van der Waals surface area contributed by atoms with Gasteiger partial charge >= 0.3 is 0 Å². The van der Waals surface area contributed by atoms with Crippen molar-refractivity contribution in [3.05, 3.63) is 35.2 Å². The number of likely N-dealkylation sites (tertiary alicyclic amines) is 1. The Labute approximate surface area is 160 Å². The van der Waals surface area contributed by atoms with Crippen LogP contribution in [0.25, 0.3) is 0 Å². The number of amides is 1. The van der Waals surface area contributed by atoms with Gasteiger partial charge in [0.1, 0.15) is 5.82 Å². The molecule has 4 rings (SSSR count). The van der Waals surface area contributed by atoms with Gasteiger partial charge in [-0.15, -0.1) is 0 Å². The minimum Gasteiger partial charge on any atom is -0.350 e. The molecule has 1 saturated heterocycles. The number of imidazole rings is 1. The fourth-order valence-electron chi connectivity index (χ4n) is 4.22. The van der Waals surface area contributed by atoms with Gasteiger partial charge in [-0.25, -0.2) is 4.98 Å². The highest BCUT2D eigenvalue weighted by atomic mass is 16.5. The summed E-state index contributed by atoms with van der Waals surface area (Å²) in [6.07, 6.45) is 9.96. The molecule has 7 heteroatoms. The maximum atomic E-state index is 12.9. The van der Waals surface area contributed by atoms with Crippen LogP contribution in [0.4, 0.5) is 0 Å². The van der Waals surface area contributed by atoms with E-state index in [1.807, 2.05) is 11.1 Å². The lowest BCUT2D eigenvalue weighted by atomic mass is 9.94. The van der Waals surface area contributed by atoms with Gasteiger partial charge < -0.3 is 18.9 Å². The van der Waals surface area contributed by atoms with E-state index in [-0.39, 0.29) is 5.91 Å². The van der Waals surface area contributed by atoms with Gasteiger partial charge in [0.15, 0.2) is 0 Å². The Hall–Kier alpha value is -2.15. The molecule has 1 aliphatic heterocycles. The molecule has 0 saturated carbocycles. The molecule has 1 fully saturated rings. The summed E-state index contributed by atoms with van der Waals surface area (Å²) in [4.78, 5) is 21.7. The molecule has 2 aromatic rings. The lowest BCUT2D eigenvalue weighted by molar-refractivity contribution is 0.0666. The van der Waals surface area contributed by atoms with Crippen LogP contribution in [0.2, 0.25) is 0 Å². The summed E-state index contributed by atoms with van der Waals surface area (Å²) < 4.78 is 7.70. The highest BCUT2D eigenvalue weighted by Gasteiger charge is 2.31. The molecule has 0 radical (unpaired) electrons. The van der Waals surface area contributed by atoms with Crippen LogP contribution in [-0.2, 0) is 19.4 Å². The molecule has 0 bridgehead atoms. The molecule has 27 heavy (non-hydrogen) atoms. The lowest BCUT2D eigenvalue weighted by Crippen LogP contribution is -2.38. The van der Waals surface area contributed by atoms with Crippen LogP contribution < -0.4 is 0 Å². The third kappa shape index (κ3) is 3.78. The Morgan fingerprint density at radius 1 is 1.26 bits per heavy atom. The zero-order valence-electron chi connectivity index (χ0n) is 16.4. The number of hydrogen-bond acceptors (Lipinski definition) is 5. The van der Waals surface area contributed by atoms with E-state index in [1.165, 1.54) is 0 Å². The van der Waals surface area contributed by atoms with Crippen molar-refractivity contribution in [1.29, 1.82) is 0 Å². The molecule has 0 unspecified atom stereocenters. The predicted octanol–water partition coefficient (Wildman–Crippen LogP) is 2.33. The molecule has 0 aromatic carbocycles. The van der Waals surface area contributed by atoms with Crippen molar-refractivity contribution in [3.8, 4) is 0 Å². The Morgan fingerprint density at radius 2 is 2.04 bits per heavy atom. The van der Waals surface area contributed by atoms with Crippen LogP contribution in [0.3, 0.4) is 0 Å². The van der Waals surface area contributed by atoms with Crippen molar-refractivity contribution in [2.75, 3.05) is 33.7 Å². The van der Waals surface area contributed by atoms with Crippen LogP contribution in [0.15, 0.2) is 16.9 Å². The van der Waals surface area contributed by atoms with Crippen molar-refractivity contribution in [3.63, 3.8) is 0 Å². The number of likely N-dealkylation sites (N-methyl/N-ethyl adjacent to an activating group) is 1. The Morgan fingerprint density at radius 3 is 2.81 bits per heavy atom. The number of aryl methyl sites for hydroxylation is 1.